The molecular formula is C9H15NO5. The normalized spacial score (nSPS) is 25.1. The first-order valence-electron chi connectivity index (χ1n) is 4.87. The number of ether oxygens (including phenoxy) is 2. The Morgan fingerprint density at radius 1 is 1.53 bits per heavy atom. The summed E-state index contributed by atoms with van der Waals surface area (Å²) < 4.78 is 9.87. The van der Waals surface area contributed by atoms with Crippen molar-refractivity contribution in [3.8, 4) is 0 Å². The molecule has 0 unspecified atom stereocenters. The number of carboxylic acid groups (broad SMARTS) is 1. The van der Waals surface area contributed by atoms with Gasteiger partial charge in [-0.2, -0.15) is 0 Å². The van der Waals surface area contributed by atoms with Gasteiger partial charge in [0.05, 0.1) is 12.7 Å². The van der Waals surface area contributed by atoms with Crippen LogP contribution in [0.4, 0.5) is 0 Å². The Kier molecular flexibility index (Phi) is 4.51. The van der Waals surface area contributed by atoms with Crippen molar-refractivity contribution in [3.05, 3.63) is 0 Å². The van der Waals surface area contributed by atoms with Gasteiger partial charge in [-0.25, -0.2) is 4.79 Å². The highest BCUT2D eigenvalue weighted by Crippen LogP contribution is 2.10. The maximum absolute atomic E-state index is 10.9. The molecule has 1 fully saturated rings. The summed E-state index contributed by atoms with van der Waals surface area (Å²) in [6.45, 7) is 2.38. The van der Waals surface area contributed by atoms with Gasteiger partial charge in [0.1, 0.15) is 12.6 Å². The third-order valence-corrected chi connectivity index (χ3v) is 2.13. The van der Waals surface area contributed by atoms with E-state index in [1.165, 1.54) is 0 Å². The monoisotopic (exact) mass is 217 g/mol. The van der Waals surface area contributed by atoms with Gasteiger partial charge < -0.3 is 19.9 Å². The van der Waals surface area contributed by atoms with E-state index in [4.69, 9.17) is 9.84 Å². The van der Waals surface area contributed by atoms with Crippen molar-refractivity contribution in [2.75, 3.05) is 19.8 Å². The summed E-state index contributed by atoms with van der Waals surface area (Å²) in [5, 5.41) is 11.5. The minimum atomic E-state index is -0.891. The third-order valence-electron chi connectivity index (χ3n) is 2.13. The second kappa shape index (κ2) is 5.67. The summed E-state index contributed by atoms with van der Waals surface area (Å²) in [5.74, 6) is -1.31. The first kappa shape index (κ1) is 11.9. The number of carbonyl (C=O) groups excluding carboxylic acids is 1. The molecule has 6 nitrogen and oxygen atoms in total. The Balaban J connectivity index is 2.19. The molecule has 0 aromatic rings. The highest BCUT2D eigenvalue weighted by Gasteiger charge is 2.29. The molecule has 2 N–H and O–H groups in total. The van der Waals surface area contributed by atoms with E-state index < -0.39 is 18.0 Å². The largest absolute Gasteiger partial charge is 0.480 e. The van der Waals surface area contributed by atoms with Crippen LogP contribution in [-0.4, -0.2) is 48.9 Å². The predicted octanol–water partition coefficient (Wildman–Crippen LogP) is -0.619. The molecule has 1 rings (SSSR count). The van der Waals surface area contributed by atoms with Gasteiger partial charge in [0, 0.05) is 13.0 Å². The summed E-state index contributed by atoms with van der Waals surface area (Å²) in [4.78, 5) is 21.5. The zero-order chi connectivity index (χ0) is 11.3. The molecule has 1 aliphatic rings. The van der Waals surface area contributed by atoms with E-state index >= 15 is 0 Å². The number of hydrogen-bond acceptors (Lipinski definition) is 5. The smallest absolute Gasteiger partial charge is 0.332 e. The van der Waals surface area contributed by atoms with Crippen molar-refractivity contribution in [1.82, 2.24) is 5.32 Å². The van der Waals surface area contributed by atoms with Crippen LogP contribution >= 0.6 is 0 Å². The van der Waals surface area contributed by atoms with Gasteiger partial charge in [-0.05, 0) is 6.92 Å². The summed E-state index contributed by atoms with van der Waals surface area (Å²) in [7, 11) is 0. The average molecular weight is 217 g/mol. The summed E-state index contributed by atoms with van der Waals surface area (Å²) in [6, 6.07) is -0.572. The molecule has 0 aliphatic carbocycles. The number of aliphatic carboxylic acids is 1. The van der Waals surface area contributed by atoms with Crippen LogP contribution in [0.1, 0.15) is 13.3 Å². The molecule has 0 radical (unpaired) electrons. The van der Waals surface area contributed by atoms with Crippen LogP contribution in [0.5, 0.6) is 0 Å². The fourth-order valence-electron chi connectivity index (χ4n) is 1.41. The van der Waals surface area contributed by atoms with Gasteiger partial charge in [-0.3, -0.25) is 4.79 Å². The molecule has 1 aliphatic heterocycles. The molecule has 1 heterocycles. The van der Waals surface area contributed by atoms with Gasteiger partial charge >= 0.3 is 11.9 Å². The van der Waals surface area contributed by atoms with E-state index in [1.807, 2.05) is 0 Å². The molecule has 86 valence electrons. The molecule has 1 saturated heterocycles. The number of esters is 1. The molecule has 6 heteroatoms. The SMILES string of the molecule is CCOC(=O)CO[C@H]1CN[C@H](C(=O)O)C1. The number of carboxylic acids is 1. The first-order valence-corrected chi connectivity index (χ1v) is 4.87. The van der Waals surface area contributed by atoms with Gasteiger partial charge in [0.25, 0.3) is 0 Å². The molecule has 0 bridgehead atoms. The molecule has 0 spiro atoms. The first-order chi connectivity index (χ1) is 7.13. The minimum Gasteiger partial charge on any atom is -0.480 e. The van der Waals surface area contributed by atoms with Crippen molar-refractivity contribution >= 4 is 11.9 Å². The summed E-state index contributed by atoms with van der Waals surface area (Å²) in [6.07, 6.45) is 0.157. The van der Waals surface area contributed by atoms with Gasteiger partial charge in [0.15, 0.2) is 0 Å². The molecule has 0 aromatic heterocycles. The second-order valence-corrected chi connectivity index (χ2v) is 3.27. The van der Waals surface area contributed by atoms with Crippen LogP contribution in [0, 0.1) is 0 Å². The molecule has 0 saturated carbocycles. The Hall–Kier alpha value is -1.14. The molecule has 0 amide bonds. The molecular weight excluding hydrogens is 202 g/mol. The number of hydrogen-bond donors (Lipinski definition) is 2. The van der Waals surface area contributed by atoms with Crippen LogP contribution in [-0.2, 0) is 19.1 Å². The Morgan fingerprint density at radius 3 is 2.80 bits per heavy atom. The van der Waals surface area contributed by atoms with Crippen molar-refractivity contribution < 1.29 is 24.2 Å². The number of nitrogens with one attached hydrogen (secondary N) is 1. The Labute approximate surface area is 87.5 Å². The lowest BCUT2D eigenvalue weighted by atomic mass is 10.2. The quantitative estimate of drug-likeness (QED) is 0.597. The van der Waals surface area contributed by atoms with E-state index in [9.17, 15) is 9.59 Å². The maximum Gasteiger partial charge on any atom is 0.332 e. The van der Waals surface area contributed by atoms with Crippen LogP contribution in [0.3, 0.4) is 0 Å². The van der Waals surface area contributed by atoms with E-state index in [2.05, 4.69) is 10.1 Å². The number of rotatable bonds is 5. The van der Waals surface area contributed by atoms with Crippen LogP contribution in [0.2, 0.25) is 0 Å². The van der Waals surface area contributed by atoms with Gasteiger partial charge in [-0.1, -0.05) is 0 Å². The zero-order valence-corrected chi connectivity index (χ0v) is 8.56. The van der Waals surface area contributed by atoms with Crippen molar-refractivity contribution in [2.45, 2.75) is 25.5 Å². The van der Waals surface area contributed by atoms with Crippen LogP contribution in [0.15, 0.2) is 0 Å². The fraction of sp³-hybridized carbons (Fsp3) is 0.778. The molecule has 2 atom stereocenters. The molecule has 0 aromatic carbocycles. The highest BCUT2D eigenvalue weighted by atomic mass is 16.6. The summed E-state index contributed by atoms with van der Waals surface area (Å²) >= 11 is 0. The van der Waals surface area contributed by atoms with Crippen molar-refractivity contribution in [2.24, 2.45) is 0 Å². The average Bonchev–Trinajstić information content (AvgIpc) is 2.63. The standard InChI is InChI=1S/C9H15NO5/c1-2-14-8(11)5-15-6-3-7(9(12)13)10-4-6/h6-7,10H,2-5H2,1H3,(H,12,13)/t6-,7+/m1/s1. The minimum absolute atomic E-state index is 0.119. The topological polar surface area (TPSA) is 84.9 Å². The fourth-order valence-corrected chi connectivity index (χ4v) is 1.41. The Bertz CT molecular complexity index is 243. The van der Waals surface area contributed by atoms with Crippen LogP contribution < -0.4 is 5.32 Å². The van der Waals surface area contributed by atoms with Gasteiger partial charge in [-0.15, -0.1) is 0 Å². The lowest BCUT2D eigenvalue weighted by molar-refractivity contribution is -0.150. The van der Waals surface area contributed by atoms with Gasteiger partial charge in [0.2, 0.25) is 0 Å². The summed E-state index contributed by atoms with van der Waals surface area (Å²) in [5.41, 5.74) is 0. The Morgan fingerprint density at radius 2 is 2.27 bits per heavy atom. The van der Waals surface area contributed by atoms with E-state index in [0.717, 1.165) is 0 Å². The van der Waals surface area contributed by atoms with Crippen molar-refractivity contribution in [3.63, 3.8) is 0 Å². The lowest BCUT2D eigenvalue weighted by Crippen LogP contribution is -2.30. The predicted molar refractivity (Wildman–Crippen MR) is 50.4 cm³/mol. The second-order valence-electron chi connectivity index (χ2n) is 3.27. The molecule has 15 heavy (non-hydrogen) atoms. The van der Waals surface area contributed by atoms with E-state index in [-0.39, 0.29) is 12.7 Å². The maximum atomic E-state index is 10.9. The highest BCUT2D eigenvalue weighted by molar-refractivity contribution is 5.74. The van der Waals surface area contributed by atoms with E-state index in [1.54, 1.807) is 6.92 Å². The number of carbonyl (C=O) groups is 2. The lowest BCUT2D eigenvalue weighted by Gasteiger charge is -2.09. The van der Waals surface area contributed by atoms with Crippen molar-refractivity contribution in [1.29, 1.82) is 0 Å². The third kappa shape index (κ3) is 3.85. The van der Waals surface area contributed by atoms with Crippen LogP contribution in [0.25, 0.3) is 0 Å². The van der Waals surface area contributed by atoms with E-state index in [0.29, 0.717) is 19.6 Å². The zero-order valence-electron chi connectivity index (χ0n) is 8.56.